The molecular formula is C14H22N2O2S. The molecule has 0 aromatic carbocycles. The maximum absolute atomic E-state index is 12.0. The topological polar surface area (TPSA) is 65.2 Å². The van der Waals surface area contributed by atoms with Crippen LogP contribution in [-0.2, 0) is 4.74 Å². The summed E-state index contributed by atoms with van der Waals surface area (Å²) in [6.07, 6.45) is 3.08. The molecule has 1 aromatic rings. The Morgan fingerprint density at radius 3 is 2.79 bits per heavy atom. The Balaban J connectivity index is 1.93. The number of aromatic nitrogens is 1. The molecule has 2 rings (SSSR count). The number of nitrogens with two attached hydrogens (primary N) is 1. The van der Waals surface area contributed by atoms with Crippen molar-refractivity contribution in [2.75, 3.05) is 0 Å². The van der Waals surface area contributed by atoms with Crippen molar-refractivity contribution in [3.63, 3.8) is 0 Å². The van der Waals surface area contributed by atoms with E-state index >= 15 is 0 Å². The Morgan fingerprint density at radius 2 is 2.21 bits per heavy atom. The highest BCUT2D eigenvalue weighted by Crippen LogP contribution is 2.31. The Morgan fingerprint density at radius 1 is 1.47 bits per heavy atom. The minimum atomic E-state index is -0.310. The zero-order chi connectivity index (χ0) is 14.0. The normalized spacial score (nSPS) is 28.9. The van der Waals surface area contributed by atoms with Crippen LogP contribution in [0.3, 0.4) is 0 Å². The number of carbonyl (C=O) groups excluding carboxylic acids is 1. The zero-order valence-corrected chi connectivity index (χ0v) is 12.6. The van der Waals surface area contributed by atoms with E-state index in [-0.39, 0.29) is 18.1 Å². The van der Waals surface area contributed by atoms with Crippen molar-refractivity contribution in [3.8, 4) is 0 Å². The van der Waals surface area contributed by atoms with E-state index < -0.39 is 0 Å². The summed E-state index contributed by atoms with van der Waals surface area (Å²) in [5.74, 6) is 1.02. The lowest BCUT2D eigenvalue weighted by molar-refractivity contribution is 0.00824. The summed E-state index contributed by atoms with van der Waals surface area (Å²) < 4.78 is 5.55. The van der Waals surface area contributed by atoms with Gasteiger partial charge in [0.25, 0.3) is 0 Å². The van der Waals surface area contributed by atoms with Gasteiger partial charge in [-0.25, -0.2) is 9.78 Å². The second-order valence-electron chi connectivity index (χ2n) is 5.65. The van der Waals surface area contributed by atoms with E-state index in [1.54, 1.807) is 5.38 Å². The Hall–Kier alpha value is -0.940. The van der Waals surface area contributed by atoms with Gasteiger partial charge in [-0.15, -0.1) is 11.3 Å². The van der Waals surface area contributed by atoms with Crippen LogP contribution in [-0.4, -0.2) is 17.1 Å². The summed E-state index contributed by atoms with van der Waals surface area (Å²) in [7, 11) is 0. The molecule has 5 heteroatoms. The van der Waals surface area contributed by atoms with Crippen LogP contribution in [0, 0.1) is 11.8 Å². The van der Waals surface area contributed by atoms with Gasteiger partial charge in [-0.2, -0.15) is 0 Å². The van der Waals surface area contributed by atoms with Gasteiger partial charge in [-0.3, -0.25) is 0 Å². The third-order valence-corrected chi connectivity index (χ3v) is 4.99. The molecule has 1 aliphatic carbocycles. The molecule has 0 amide bonds. The van der Waals surface area contributed by atoms with Crippen molar-refractivity contribution in [2.24, 2.45) is 17.6 Å². The maximum Gasteiger partial charge on any atom is 0.358 e. The smallest absolute Gasteiger partial charge is 0.358 e. The van der Waals surface area contributed by atoms with E-state index in [1.807, 2.05) is 6.92 Å². The number of hydrogen-bond donors (Lipinski definition) is 1. The highest BCUT2D eigenvalue weighted by molar-refractivity contribution is 7.09. The van der Waals surface area contributed by atoms with Gasteiger partial charge in [-0.1, -0.05) is 13.8 Å². The van der Waals surface area contributed by atoms with Gasteiger partial charge in [-0.05, 0) is 38.0 Å². The average molecular weight is 282 g/mol. The van der Waals surface area contributed by atoms with Gasteiger partial charge in [0.2, 0.25) is 0 Å². The van der Waals surface area contributed by atoms with Gasteiger partial charge >= 0.3 is 5.97 Å². The van der Waals surface area contributed by atoms with Crippen molar-refractivity contribution in [3.05, 3.63) is 16.1 Å². The van der Waals surface area contributed by atoms with E-state index in [4.69, 9.17) is 10.5 Å². The fourth-order valence-electron chi connectivity index (χ4n) is 2.41. The number of carbonyl (C=O) groups is 1. The van der Waals surface area contributed by atoms with Gasteiger partial charge < -0.3 is 10.5 Å². The first kappa shape index (κ1) is 14.5. The summed E-state index contributed by atoms with van der Waals surface area (Å²) in [6.45, 7) is 6.35. The van der Waals surface area contributed by atoms with Crippen LogP contribution in [0.5, 0.6) is 0 Å². The van der Waals surface area contributed by atoms with Crippen molar-refractivity contribution in [1.82, 2.24) is 4.98 Å². The average Bonchev–Trinajstić information content (AvgIpc) is 2.83. The summed E-state index contributed by atoms with van der Waals surface area (Å²) >= 11 is 1.41. The highest BCUT2D eigenvalue weighted by atomic mass is 32.1. The SMILES string of the molecule is CC(N)c1nc(C(=O)OC2CCC(C)C(C)C2)cs1. The number of thiazole rings is 1. The van der Waals surface area contributed by atoms with E-state index in [9.17, 15) is 4.79 Å². The third kappa shape index (κ3) is 3.54. The Labute approximate surface area is 118 Å². The predicted molar refractivity (Wildman–Crippen MR) is 76.1 cm³/mol. The lowest BCUT2D eigenvalue weighted by atomic mass is 9.80. The second-order valence-corrected chi connectivity index (χ2v) is 6.54. The van der Waals surface area contributed by atoms with Crippen molar-refractivity contribution >= 4 is 17.3 Å². The number of hydrogen-bond acceptors (Lipinski definition) is 5. The first-order valence-corrected chi connectivity index (χ1v) is 7.77. The maximum atomic E-state index is 12.0. The van der Waals surface area contributed by atoms with Gasteiger partial charge in [0.1, 0.15) is 11.1 Å². The highest BCUT2D eigenvalue weighted by Gasteiger charge is 2.28. The molecule has 2 N–H and O–H groups in total. The molecular weight excluding hydrogens is 260 g/mol. The van der Waals surface area contributed by atoms with Crippen LogP contribution in [0.1, 0.15) is 61.6 Å². The summed E-state index contributed by atoms with van der Waals surface area (Å²) in [5, 5.41) is 2.51. The number of ether oxygens (including phenoxy) is 1. The van der Waals surface area contributed by atoms with E-state index in [1.165, 1.54) is 11.3 Å². The molecule has 4 atom stereocenters. The van der Waals surface area contributed by atoms with Gasteiger partial charge in [0.15, 0.2) is 5.69 Å². The first-order valence-electron chi connectivity index (χ1n) is 6.89. The van der Waals surface area contributed by atoms with Crippen LogP contribution in [0.2, 0.25) is 0 Å². The van der Waals surface area contributed by atoms with Crippen molar-refractivity contribution < 1.29 is 9.53 Å². The number of nitrogens with zero attached hydrogens (tertiary/aromatic N) is 1. The van der Waals surface area contributed by atoms with Gasteiger partial charge in [0, 0.05) is 5.38 Å². The largest absolute Gasteiger partial charge is 0.458 e. The summed E-state index contributed by atoms with van der Waals surface area (Å²) in [5.41, 5.74) is 6.13. The van der Waals surface area contributed by atoms with Crippen LogP contribution >= 0.6 is 11.3 Å². The van der Waals surface area contributed by atoms with E-state index in [0.29, 0.717) is 11.6 Å². The van der Waals surface area contributed by atoms with E-state index in [0.717, 1.165) is 30.2 Å². The van der Waals surface area contributed by atoms with Crippen LogP contribution in [0.4, 0.5) is 0 Å². The predicted octanol–water partition coefficient (Wildman–Crippen LogP) is 3.14. The molecule has 0 spiro atoms. The molecule has 0 radical (unpaired) electrons. The molecule has 19 heavy (non-hydrogen) atoms. The molecule has 0 bridgehead atoms. The fraction of sp³-hybridized carbons (Fsp3) is 0.714. The molecule has 1 aromatic heterocycles. The Kier molecular flexibility index (Phi) is 4.58. The van der Waals surface area contributed by atoms with Gasteiger partial charge in [0.05, 0.1) is 6.04 Å². The molecule has 1 aliphatic rings. The lowest BCUT2D eigenvalue weighted by Gasteiger charge is -2.31. The molecule has 1 fully saturated rings. The van der Waals surface area contributed by atoms with Crippen molar-refractivity contribution in [1.29, 1.82) is 0 Å². The quantitative estimate of drug-likeness (QED) is 0.865. The fourth-order valence-corrected chi connectivity index (χ4v) is 3.15. The Bertz CT molecular complexity index is 444. The standard InChI is InChI=1S/C14H22N2O2S/c1-8-4-5-11(6-9(8)2)18-14(17)12-7-19-13(16-12)10(3)15/h7-11H,4-6,15H2,1-3H3. The molecule has 0 aliphatic heterocycles. The second kappa shape index (κ2) is 6.01. The summed E-state index contributed by atoms with van der Waals surface area (Å²) in [4.78, 5) is 16.2. The van der Waals surface area contributed by atoms with E-state index in [2.05, 4.69) is 18.8 Å². The number of esters is 1. The van der Waals surface area contributed by atoms with Crippen LogP contribution in [0.15, 0.2) is 5.38 Å². The zero-order valence-electron chi connectivity index (χ0n) is 11.8. The lowest BCUT2D eigenvalue weighted by Crippen LogP contribution is -2.28. The molecule has 4 unspecified atom stereocenters. The monoisotopic (exact) mass is 282 g/mol. The number of rotatable bonds is 3. The summed E-state index contributed by atoms with van der Waals surface area (Å²) in [6, 6.07) is -0.137. The van der Waals surface area contributed by atoms with Crippen LogP contribution < -0.4 is 5.73 Å². The molecule has 106 valence electrons. The third-order valence-electron chi connectivity index (χ3n) is 3.94. The first-order chi connectivity index (χ1) is 8.97. The molecule has 4 nitrogen and oxygen atoms in total. The van der Waals surface area contributed by atoms with Crippen LogP contribution in [0.25, 0.3) is 0 Å². The molecule has 1 heterocycles. The molecule has 1 saturated carbocycles. The molecule has 0 saturated heterocycles. The minimum Gasteiger partial charge on any atom is -0.458 e. The minimum absolute atomic E-state index is 0.0409. The van der Waals surface area contributed by atoms with Crippen molar-refractivity contribution in [2.45, 2.75) is 52.2 Å².